The van der Waals surface area contributed by atoms with Crippen LogP contribution >= 0.6 is 15.9 Å². The molecule has 3 aromatic carbocycles. The lowest BCUT2D eigenvalue weighted by Gasteiger charge is -2.34. The third-order valence-corrected chi connectivity index (χ3v) is 9.30. The Bertz CT molecular complexity index is 1430. The molecule has 3 saturated heterocycles. The highest BCUT2D eigenvalue weighted by Gasteiger charge is 2.76. The Morgan fingerprint density at radius 1 is 0.925 bits per heavy atom. The van der Waals surface area contributed by atoms with Gasteiger partial charge in [0.25, 0.3) is 0 Å². The summed E-state index contributed by atoms with van der Waals surface area (Å²) in [5.41, 5.74) is 0.164. The molecule has 3 unspecified atom stereocenters. The van der Waals surface area contributed by atoms with Crippen LogP contribution in [-0.4, -0.2) is 63.5 Å². The smallest absolute Gasteiger partial charge is 0.250 e. The van der Waals surface area contributed by atoms with Crippen molar-refractivity contribution >= 4 is 55.8 Å². The molecule has 208 valence electrons. The van der Waals surface area contributed by atoms with E-state index in [2.05, 4.69) is 26.6 Å². The summed E-state index contributed by atoms with van der Waals surface area (Å²) in [6.07, 6.45) is 1.90. The van der Waals surface area contributed by atoms with Crippen LogP contribution in [0.25, 0.3) is 10.8 Å². The number of hydrogen-bond donors (Lipinski definition) is 3. The highest BCUT2D eigenvalue weighted by Crippen LogP contribution is 2.60. The fourth-order valence-corrected chi connectivity index (χ4v) is 7.71. The molecule has 40 heavy (non-hydrogen) atoms. The number of likely N-dealkylation sites (tertiary alicyclic amines) is 1. The van der Waals surface area contributed by atoms with Crippen molar-refractivity contribution < 1.29 is 24.2 Å². The quantitative estimate of drug-likeness (QED) is 0.249. The Hall–Kier alpha value is -3.27. The summed E-state index contributed by atoms with van der Waals surface area (Å²) in [5.74, 6) is -2.32. The van der Waals surface area contributed by atoms with Crippen molar-refractivity contribution in [3.8, 4) is 0 Å². The summed E-state index contributed by atoms with van der Waals surface area (Å²) in [7, 11) is 0. The average molecular weight is 607 g/mol. The number of ether oxygens (including phenoxy) is 1. The van der Waals surface area contributed by atoms with Gasteiger partial charge >= 0.3 is 0 Å². The first-order chi connectivity index (χ1) is 19.4. The largest absolute Gasteiger partial charge is 0.396 e. The second-order valence-electron chi connectivity index (χ2n) is 10.9. The molecule has 0 saturated carbocycles. The number of benzene rings is 3. The SMILES string of the molecule is O=C(Nc1ccc2ccccc2c1)C1N(CCCCCO)C(=O)[C@@H]2[C@@H](C(=O)Nc3ccccc3)[C@@H]3OC12CC3Br. The zero-order chi connectivity index (χ0) is 27.9. The molecule has 3 N–H and O–H groups in total. The molecular weight excluding hydrogens is 574 g/mol. The van der Waals surface area contributed by atoms with E-state index in [1.165, 1.54) is 0 Å². The number of carbonyl (C=O) groups excluding carboxylic acids is 3. The van der Waals surface area contributed by atoms with Gasteiger partial charge in [0.15, 0.2) is 0 Å². The van der Waals surface area contributed by atoms with Crippen LogP contribution in [0.5, 0.6) is 0 Å². The van der Waals surface area contributed by atoms with E-state index in [9.17, 15) is 19.5 Å². The molecule has 6 atom stereocenters. The van der Waals surface area contributed by atoms with Crippen LogP contribution in [0.15, 0.2) is 72.8 Å². The molecule has 6 rings (SSSR count). The van der Waals surface area contributed by atoms with Crippen LogP contribution in [0.1, 0.15) is 25.7 Å². The first-order valence-corrected chi connectivity index (χ1v) is 14.7. The van der Waals surface area contributed by atoms with E-state index in [4.69, 9.17) is 4.74 Å². The van der Waals surface area contributed by atoms with E-state index in [-0.39, 0.29) is 29.2 Å². The number of unbranched alkanes of at least 4 members (excludes halogenated alkanes) is 2. The fourth-order valence-electron chi connectivity index (χ4n) is 6.77. The average Bonchev–Trinajstić information content (AvgIpc) is 3.55. The van der Waals surface area contributed by atoms with Gasteiger partial charge in [-0.2, -0.15) is 0 Å². The molecule has 8 nitrogen and oxygen atoms in total. The molecule has 0 aliphatic carbocycles. The molecule has 3 fully saturated rings. The van der Waals surface area contributed by atoms with Crippen LogP contribution in [-0.2, 0) is 19.1 Å². The minimum atomic E-state index is -1.12. The van der Waals surface area contributed by atoms with Gasteiger partial charge in [-0.3, -0.25) is 14.4 Å². The third kappa shape index (κ3) is 4.60. The third-order valence-electron chi connectivity index (χ3n) is 8.46. The van der Waals surface area contributed by atoms with Crippen molar-refractivity contribution in [2.24, 2.45) is 11.8 Å². The Morgan fingerprint density at radius 3 is 2.42 bits per heavy atom. The number of carbonyl (C=O) groups is 3. The Morgan fingerprint density at radius 2 is 1.65 bits per heavy atom. The second kappa shape index (κ2) is 11.0. The summed E-state index contributed by atoms with van der Waals surface area (Å²) >= 11 is 3.71. The number of rotatable bonds is 9. The number of aliphatic hydroxyl groups excluding tert-OH is 1. The number of fused-ring (bicyclic) bond motifs is 2. The molecule has 3 aliphatic heterocycles. The lowest BCUT2D eigenvalue weighted by molar-refractivity contribution is -0.139. The molecule has 2 bridgehead atoms. The van der Waals surface area contributed by atoms with Crippen molar-refractivity contribution in [2.75, 3.05) is 23.8 Å². The minimum absolute atomic E-state index is 0.0736. The van der Waals surface area contributed by atoms with E-state index in [1.54, 1.807) is 17.0 Å². The van der Waals surface area contributed by atoms with Gasteiger partial charge in [0.05, 0.1) is 17.9 Å². The van der Waals surface area contributed by atoms with E-state index >= 15 is 0 Å². The van der Waals surface area contributed by atoms with E-state index < -0.39 is 29.6 Å². The van der Waals surface area contributed by atoms with Gasteiger partial charge in [-0.05, 0) is 60.7 Å². The van der Waals surface area contributed by atoms with Crippen molar-refractivity contribution in [3.63, 3.8) is 0 Å². The topological polar surface area (TPSA) is 108 Å². The molecular formula is C31H32BrN3O5. The fraction of sp³-hybridized carbons (Fsp3) is 0.387. The van der Waals surface area contributed by atoms with Gasteiger partial charge in [-0.15, -0.1) is 0 Å². The number of nitrogens with zero attached hydrogens (tertiary/aromatic N) is 1. The maximum Gasteiger partial charge on any atom is 0.250 e. The Labute approximate surface area is 241 Å². The normalized spacial score (nSPS) is 28.6. The number of amides is 3. The zero-order valence-corrected chi connectivity index (χ0v) is 23.5. The molecule has 0 radical (unpaired) electrons. The number of para-hydroxylation sites is 1. The first kappa shape index (κ1) is 26.9. The van der Waals surface area contributed by atoms with Crippen LogP contribution in [0.4, 0.5) is 11.4 Å². The van der Waals surface area contributed by atoms with Crippen molar-refractivity contribution in [2.45, 2.75) is 48.3 Å². The van der Waals surface area contributed by atoms with Crippen LogP contribution in [0.2, 0.25) is 0 Å². The molecule has 0 aromatic heterocycles. The highest BCUT2D eigenvalue weighted by molar-refractivity contribution is 9.09. The van der Waals surface area contributed by atoms with Gasteiger partial charge in [0.2, 0.25) is 17.7 Å². The predicted molar refractivity (Wildman–Crippen MR) is 156 cm³/mol. The van der Waals surface area contributed by atoms with Crippen molar-refractivity contribution in [3.05, 3.63) is 72.8 Å². The number of nitrogens with one attached hydrogen (secondary N) is 2. The monoisotopic (exact) mass is 605 g/mol. The standard InChI is InChI=1S/C31H32BrN3O5/c32-23-18-31-25(24(26(23)40-31)28(37)33-21-11-3-1-4-12-21)30(39)35(15-7-2-8-16-36)27(31)29(38)34-22-14-13-19-9-5-6-10-20(19)17-22/h1,3-6,9-14,17,23-27,36H,2,7-8,15-16,18H2,(H,33,37)(H,34,38)/t23?,24-,25+,26-,27?,31?/m1/s1. The van der Waals surface area contributed by atoms with Gasteiger partial charge in [0, 0.05) is 29.4 Å². The van der Waals surface area contributed by atoms with Gasteiger partial charge in [-0.1, -0.05) is 64.5 Å². The van der Waals surface area contributed by atoms with Crippen molar-refractivity contribution in [1.82, 2.24) is 4.90 Å². The summed E-state index contributed by atoms with van der Waals surface area (Å²) in [6.45, 7) is 0.422. The van der Waals surface area contributed by atoms with Crippen LogP contribution in [0.3, 0.4) is 0 Å². The summed E-state index contributed by atoms with van der Waals surface area (Å²) in [4.78, 5) is 43.2. The van der Waals surface area contributed by atoms with E-state index in [1.807, 2.05) is 60.7 Å². The lowest BCUT2D eigenvalue weighted by atomic mass is 9.70. The molecule has 3 aliphatic rings. The Kier molecular flexibility index (Phi) is 7.37. The number of hydrogen-bond acceptors (Lipinski definition) is 5. The van der Waals surface area contributed by atoms with Gasteiger partial charge < -0.3 is 25.4 Å². The number of anilines is 2. The maximum atomic E-state index is 14.1. The van der Waals surface area contributed by atoms with E-state index in [0.29, 0.717) is 37.2 Å². The van der Waals surface area contributed by atoms with Gasteiger partial charge in [0.1, 0.15) is 11.6 Å². The summed E-state index contributed by atoms with van der Waals surface area (Å²) in [5, 5.41) is 17.3. The molecule has 1 spiro atoms. The number of aliphatic hydroxyl groups is 1. The highest BCUT2D eigenvalue weighted by atomic mass is 79.9. The maximum absolute atomic E-state index is 14.1. The predicted octanol–water partition coefficient (Wildman–Crippen LogP) is 4.33. The first-order valence-electron chi connectivity index (χ1n) is 13.8. The molecule has 3 aromatic rings. The molecule has 3 heterocycles. The summed E-state index contributed by atoms with van der Waals surface area (Å²) in [6, 6.07) is 21.9. The van der Waals surface area contributed by atoms with E-state index in [0.717, 1.165) is 17.2 Å². The minimum Gasteiger partial charge on any atom is -0.396 e. The molecule has 3 amide bonds. The molecule has 9 heteroatoms. The van der Waals surface area contributed by atoms with Gasteiger partial charge in [-0.25, -0.2) is 0 Å². The summed E-state index contributed by atoms with van der Waals surface area (Å²) < 4.78 is 6.57. The Balaban J connectivity index is 1.32. The number of halogens is 1. The second-order valence-corrected chi connectivity index (χ2v) is 12.1. The van der Waals surface area contributed by atoms with Crippen LogP contribution < -0.4 is 10.6 Å². The van der Waals surface area contributed by atoms with Crippen LogP contribution in [0, 0.1) is 11.8 Å². The number of alkyl halides is 1. The lowest BCUT2D eigenvalue weighted by Crippen LogP contribution is -2.54. The zero-order valence-electron chi connectivity index (χ0n) is 22.0. The van der Waals surface area contributed by atoms with Crippen molar-refractivity contribution in [1.29, 1.82) is 0 Å².